The lowest BCUT2D eigenvalue weighted by atomic mass is 10.2. The van der Waals surface area contributed by atoms with Gasteiger partial charge in [-0.25, -0.2) is 0 Å². The Bertz CT molecular complexity index is 837. The summed E-state index contributed by atoms with van der Waals surface area (Å²) in [5, 5.41) is 3.96. The number of aromatic nitrogens is 2. The average Bonchev–Trinajstić information content (AvgIpc) is 3.17. The standard InChI is InChI=1S/C16H22N4O5S/c1-4-19(2)26(21,22)20-9-10-24-14(11-20)15-17-16(25-18-15)12-5-7-13(23-3)8-6-12/h5-8,14H,4,9-11H2,1-3H3. The minimum Gasteiger partial charge on any atom is -0.497 e. The van der Waals surface area contributed by atoms with Gasteiger partial charge in [0.2, 0.25) is 5.82 Å². The van der Waals surface area contributed by atoms with E-state index in [1.165, 1.54) is 8.61 Å². The van der Waals surface area contributed by atoms with Gasteiger partial charge in [0, 0.05) is 32.2 Å². The lowest BCUT2D eigenvalue weighted by molar-refractivity contribution is -0.01000. The molecular weight excluding hydrogens is 360 g/mol. The first-order chi connectivity index (χ1) is 12.5. The van der Waals surface area contributed by atoms with Crippen molar-refractivity contribution in [3.05, 3.63) is 30.1 Å². The summed E-state index contributed by atoms with van der Waals surface area (Å²) in [5.41, 5.74) is 0.746. The third-order valence-corrected chi connectivity index (χ3v) is 6.29. The number of hydrogen-bond acceptors (Lipinski definition) is 7. The maximum absolute atomic E-state index is 12.5. The van der Waals surface area contributed by atoms with E-state index in [1.807, 2.05) is 12.1 Å². The third-order valence-electron chi connectivity index (χ3n) is 4.26. The molecule has 0 N–H and O–H groups in total. The molecule has 1 aromatic heterocycles. The van der Waals surface area contributed by atoms with Crippen molar-refractivity contribution in [2.75, 3.05) is 40.4 Å². The zero-order valence-electron chi connectivity index (χ0n) is 15.0. The minimum atomic E-state index is -3.52. The molecule has 1 aromatic carbocycles. The van der Waals surface area contributed by atoms with Crippen molar-refractivity contribution >= 4 is 10.2 Å². The van der Waals surface area contributed by atoms with Crippen molar-refractivity contribution in [2.45, 2.75) is 13.0 Å². The fourth-order valence-electron chi connectivity index (χ4n) is 2.57. The molecule has 0 spiro atoms. The van der Waals surface area contributed by atoms with Gasteiger partial charge in [0.1, 0.15) is 11.9 Å². The minimum absolute atomic E-state index is 0.147. The second-order valence-corrected chi connectivity index (χ2v) is 7.86. The molecule has 0 saturated carbocycles. The van der Waals surface area contributed by atoms with Crippen LogP contribution in [0.1, 0.15) is 18.9 Å². The van der Waals surface area contributed by atoms with Crippen LogP contribution in [0.4, 0.5) is 0 Å². The highest BCUT2D eigenvalue weighted by molar-refractivity contribution is 7.86. The van der Waals surface area contributed by atoms with Gasteiger partial charge in [0.05, 0.1) is 13.7 Å². The van der Waals surface area contributed by atoms with Gasteiger partial charge in [-0.1, -0.05) is 12.1 Å². The summed E-state index contributed by atoms with van der Waals surface area (Å²) in [6.45, 7) is 2.90. The molecule has 26 heavy (non-hydrogen) atoms. The Hall–Kier alpha value is -2.01. The molecule has 1 unspecified atom stereocenters. The Kier molecular flexibility index (Phi) is 5.56. The van der Waals surface area contributed by atoms with Gasteiger partial charge in [-0.05, 0) is 24.3 Å². The van der Waals surface area contributed by atoms with Gasteiger partial charge in [0.15, 0.2) is 0 Å². The highest BCUT2D eigenvalue weighted by Crippen LogP contribution is 2.26. The first-order valence-corrected chi connectivity index (χ1v) is 9.66. The largest absolute Gasteiger partial charge is 0.497 e. The number of benzene rings is 1. The molecule has 2 aromatic rings. The van der Waals surface area contributed by atoms with Crippen LogP contribution >= 0.6 is 0 Å². The SMILES string of the molecule is CCN(C)S(=O)(=O)N1CCOC(c2noc(-c3ccc(OC)cc3)n2)C1. The zero-order valence-corrected chi connectivity index (χ0v) is 15.8. The molecule has 0 bridgehead atoms. The van der Waals surface area contributed by atoms with E-state index in [2.05, 4.69) is 10.1 Å². The normalized spacial score (nSPS) is 19.0. The zero-order chi connectivity index (χ0) is 18.7. The van der Waals surface area contributed by atoms with Crippen LogP contribution in [-0.4, -0.2) is 67.6 Å². The van der Waals surface area contributed by atoms with Crippen molar-refractivity contribution < 1.29 is 22.4 Å². The number of morpholine rings is 1. The third kappa shape index (κ3) is 3.73. The van der Waals surface area contributed by atoms with Crippen LogP contribution in [0, 0.1) is 0 Å². The summed E-state index contributed by atoms with van der Waals surface area (Å²) in [6, 6.07) is 7.21. The fraction of sp³-hybridized carbons (Fsp3) is 0.500. The Morgan fingerprint density at radius 2 is 2.08 bits per heavy atom. The van der Waals surface area contributed by atoms with Crippen molar-refractivity contribution in [1.29, 1.82) is 0 Å². The Labute approximate surface area is 152 Å². The summed E-state index contributed by atoms with van der Waals surface area (Å²) >= 11 is 0. The predicted octanol–water partition coefficient (Wildman–Crippen LogP) is 1.32. The summed E-state index contributed by atoms with van der Waals surface area (Å²) in [7, 11) is -0.375. The summed E-state index contributed by atoms with van der Waals surface area (Å²) in [6.07, 6.45) is -0.570. The molecule has 1 aliphatic rings. The lowest BCUT2D eigenvalue weighted by Crippen LogP contribution is -2.48. The van der Waals surface area contributed by atoms with E-state index in [0.29, 0.717) is 24.8 Å². The van der Waals surface area contributed by atoms with E-state index in [-0.39, 0.29) is 13.2 Å². The molecule has 9 nitrogen and oxygen atoms in total. The van der Waals surface area contributed by atoms with Gasteiger partial charge < -0.3 is 14.0 Å². The van der Waals surface area contributed by atoms with Crippen LogP contribution in [0.2, 0.25) is 0 Å². The molecule has 1 atom stereocenters. The van der Waals surface area contributed by atoms with Crippen LogP contribution in [0.3, 0.4) is 0 Å². The predicted molar refractivity (Wildman–Crippen MR) is 93.8 cm³/mol. The number of hydrogen-bond donors (Lipinski definition) is 0. The molecular formula is C16H22N4O5S. The Morgan fingerprint density at radius 3 is 2.73 bits per heavy atom. The van der Waals surface area contributed by atoms with E-state index in [1.54, 1.807) is 33.2 Å². The van der Waals surface area contributed by atoms with Crippen LogP contribution in [0.5, 0.6) is 5.75 Å². The van der Waals surface area contributed by atoms with Crippen LogP contribution < -0.4 is 4.74 Å². The van der Waals surface area contributed by atoms with Gasteiger partial charge >= 0.3 is 0 Å². The molecule has 0 amide bonds. The molecule has 0 radical (unpaired) electrons. The van der Waals surface area contributed by atoms with E-state index in [9.17, 15) is 8.42 Å². The Morgan fingerprint density at radius 1 is 1.35 bits per heavy atom. The maximum atomic E-state index is 12.5. The number of nitrogens with zero attached hydrogens (tertiary/aromatic N) is 4. The van der Waals surface area contributed by atoms with Gasteiger partial charge in [0.25, 0.3) is 16.1 Å². The van der Waals surface area contributed by atoms with Crippen molar-refractivity contribution in [1.82, 2.24) is 18.8 Å². The summed E-state index contributed by atoms with van der Waals surface area (Å²) < 4.78 is 43.8. The van der Waals surface area contributed by atoms with Gasteiger partial charge in [-0.15, -0.1) is 0 Å². The number of rotatable bonds is 6. The number of ether oxygens (including phenoxy) is 2. The molecule has 10 heteroatoms. The van der Waals surface area contributed by atoms with Crippen molar-refractivity contribution in [3.8, 4) is 17.2 Å². The average molecular weight is 382 g/mol. The second kappa shape index (κ2) is 7.70. The Balaban J connectivity index is 1.76. The van der Waals surface area contributed by atoms with E-state index < -0.39 is 16.3 Å². The lowest BCUT2D eigenvalue weighted by Gasteiger charge is -2.32. The van der Waals surface area contributed by atoms with Crippen LogP contribution in [0.15, 0.2) is 28.8 Å². The first-order valence-electron chi connectivity index (χ1n) is 8.26. The van der Waals surface area contributed by atoms with E-state index >= 15 is 0 Å². The smallest absolute Gasteiger partial charge is 0.281 e. The molecule has 1 aliphatic heterocycles. The molecule has 2 heterocycles. The molecule has 1 fully saturated rings. The molecule has 3 rings (SSSR count). The second-order valence-electron chi connectivity index (χ2n) is 5.83. The first kappa shape index (κ1) is 18.8. The summed E-state index contributed by atoms with van der Waals surface area (Å²) in [4.78, 5) is 4.36. The monoisotopic (exact) mass is 382 g/mol. The van der Waals surface area contributed by atoms with Crippen molar-refractivity contribution in [2.24, 2.45) is 0 Å². The van der Waals surface area contributed by atoms with E-state index in [4.69, 9.17) is 14.0 Å². The maximum Gasteiger partial charge on any atom is 0.281 e. The topological polar surface area (TPSA) is 98.0 Å². The summed E-state index contributed by atoms with van der Waals surface area (Å²) in [5.74, 6) is 1.40. The molecule has 0 aliphatic carbocycles. The quantitative estimate of drug-likeness (QED) is 0.743. The molecule has 1 saturated heterocycles. The van der Waals surface area contributed by atoms with Crippen LogP contribution in [-0.2, 0) is 14.9 Å². The molecule has 142 valence electrons. The highest BCUT2D eigenvalue weighted by atomic mass is 32.2. The fourth-order valence-corrected chi connectivity index (χ4v) is 3.92. The van der Waals surface area contributed by atoms with E-state index in [0.717, 1.165) is 11.3 Å². The van der Waals surface area contributed by atoms with Gasteiger partial charge in [-0.3, -0.25) is 0 Å². The highest BCUT2D eigenvalue weighted by Gasteiger charge is 2.34. The van der Waals surface area contributed by atoms with Gasteiger partial charge in [-0.2, -0.15) is 22.0 Å². The van der Waals surface area contributed by atoms with Crippen molar-refractivity contribution in [3.63, 3.8) is 0 Å². The van der Waals surface area contributed by atoms with Crippen LogP contribution in [0.25, 0.3) is 11.5 Å². The number of methoxy groups -OCH3 is 1.